The largest absolute Gasteiger partial charge is 0.497 e. The molecule has 0 atom stereocenters. The molecular weight excluding hydrogens is 308 g/mol. The second-order valence-corrected chi connectivity index (χ2v) is 7.87. The molecule has 1 amide bonds. The molecule has 0 spiro atoms. The minimum atomic E-state index is -0.760. The zero-order valence-corrected chi connectivity index (χ0v) is 14.8. The van der Waals surface area contributed by atoms with Gasteiger partial charge in [-0.25, -0.2) is 4.39 Å². The van der Waals surface area contributed by atoms with Gasteiger partial charge < -0.3 is 14.6 Å². The van der Waals surface area contributed by atoms with E-state index in [1.165, 1.54) is 18.9 Å². The molecule has 1 saturated heterocycles. The van der Waals surface area contributed by atoms with E-state index >= 15 is 0 Å². The van der Waals surface area contributed by atoms with Crippen molar-refractivity contribution >= 4 is 18.5 Å². The van der Waals surface area contributed by atoms with Crippen LogP contribution in [0.25, 0.3) is 0 Å². The molecule has 1 aliphatic carbocycles. The Hall–Kier alpha value is -1.40. The van der Waals surface area contributed by atoms with Gasteiger partial charge >= 0.3 is 7.12 Å². The summed E-state index contributed by atoms with van der Waals surface area (Å²) in [4.78, 5) is 12.0. The third-order valence-electron chi connectivity index (χ3n) is 5.22. The molecule has 1 aromatic carbocycles. The molecule has 0 bridgehead atoms. The standard InChI is InChI=1S/C18H25BFNO3/c1-17(2)18(3,4)24-19(23-17)14-9-13(7-8-15(14)20)10-16(22)21-11-12-5-6-12/h7-9,12H,5-6,10-11H2,1-4H3,(H,21,22). The summed E-state index contributed by atoms with van der Waals surface area (Å²) in [6.07, 6.45) is 2.63. The van der Waals surface area contributed by atoms with E-state index in [-0.39, 0.29) is 18.1 Å². The minimum Gasteiger partial charge on any atom is -0.399 e. The van der Waals surface area contributed by atoms with Crippen LogP contribution in [0.15, 0.2) is 18.2 Å². The molecule has 1 saturated carbocycles. The van der Waals surface area contributed by atoms with E-state index in [2.05, 4.69) is 5.32 Å². The van der Waals surface area contributed by atoms with Gasteiger partial charge in [-0.2, -0.15) is 0 Å². The van der Waals surface area contributed by atoms with Crippen LogP contribution in [-0.2, 0) is 20.5 Å². The number of nitrogens with one attached hydrogen (secondary N) is 1. The first-order valence-electron chi connectivity index (χ1n) is 8.58. The van der Waals surface area contributed by atoms with Crippen LogP contribution in [-0.4, -0.2) is 30.8 Å². The Labute approximate surface area is 143 Å². The number of benzene rings is 1. The predicted molar refractivity (Wildman–Crippen MR) is 91.6 cm³/mol. The van der Waals surface area contributed by atoms with Crippen LogP contribution in [0.3, 0.4) is 0 Å². The first-order valence-corrected chi connectivity index (χ1v) is 8.58. The van der Waals surface area contributed by atoms with E-state index in [1.807, 2.05) is 27.7 Å². The zero-order valence-electron chi connectivity index (χ0n) is 14.8. The Morgan fingerprint density at radius 3 is 2.46 bits per heavy atom. The number of amides is 1. The Kier molecular flexibility index (Phi) is 4.47. The molecule has 4 nitrogen and oxygen atoms in total. The van der Waals surface area contributed by atoms with Crippen LogP contribution in [0.2, 0.25) is 0 Å². The lowest BCUT2D eigenvalue weighted by Gasteiger charge is -2.32. The van der Waals surface area contributed by atoms with Crippen molar-refractivity contribution in [2.45, 2.75) is 58.2 Å². The summed E-state index contributed by atoms with van der Waals surface area (Å²) in [5, 5.41) is 2.93. The van der Waals surface area contributed by atoms with Crippen LogP contribution in [0.4, 0.5) is 4.39 Å². The van der Waals surface area contributed by atoms with E-state index in [0.29, 0.717) is 11.4 Å². The maximum absolute atomic E-state index is 14.3. The quantitative estimate of drug-likeness (QED) is 0.841. The second-order valence-electron chi connectivity index (χ2n) is 7.87. The fraction of sp³-hybridized carbons (Fsp3) is 0.611. The van der Waals surface area contributed by atoms with Gasteiger partial charge in [0.25, 0.3) is 0 Å². The van der Waals surface area contributed by atoms with Gasteiger partial charge in [0.1, 0.15) is 5.82 Å². The smallest absolute Gasteiger partial charge is 0.399 e. The van der Waals surface area contributed by atoms with Gasteiger partial charge in [0.2, 0.25) is 5.91 Å². The Bertz CT molecular complexity index is 627. The summed E-state index contributed by atoms with van der Waals surface area (Å²) in [7, 11) is -0.760. The van der Waals surface area contributed by atoms with Crippen LogP contribution < -0.4 is 10.8 Å². The van der Waals surface area contributed by atoms with Crippen LogP contribution in [0.1, 0.15) is 46.1 Å². The van der Waals surface area contributed by atoms with Gasteiger partial charge in [0, 0.05) is 12.0 Å². The van der Waals surface area contributed by atoms with Crippen LogP contribution in [0.5, 0.6) is 0 Å². The topological polar surface area (TPSA) is 47.6 Å². The summed E-state index contributed by atoms with van der Waals surface area (Å²) in [5.41, 5.74) is 0.0549. The Balaban J connectivity index is 1.71. The van der Waals surface area contributed by atoms with Crippen molar-refractivity contribution in [3.05, 3.63) is 29.6 Å². The molecule has 0 aromatic heterocycles. The minimum absolute atomic E-state index is 0.0339. The molecule has 3 rings (SSSR count). The van der Waals surface area contributed by atoms with Gasteiger partial charge in [0.05, 0.1) is 17.6 Å². The summed E-state index contributed by atoms with van der Waals surface area (Å²) in [5.74, 6) is 0.228. The van der Waals surface area contributed by atoms with Crippen molar-refractivity contribution < 1.29 is 18.5 Å². The first kappa shape index (κ1) is 17.4. The highest BCUT2D eigenvalue weighted by Gasteiger charge is 2.52. The molecule has 1 heterocycles. The van der Waals surface area contributed by atoms with Gasteiger partial charge in [0.15, 0.2) is 0 Å². The van der Waals surface area contributed by atoms with E-state index in [1.54, 1.807) is 12.1 Å². The molecule has 0 unspecified atom stereocenters. The molecular formula is C18H25BFNO3. The maximum Gasteiger partial charge on any atom is 0.497 e. The fourth-order valence-corrected chi connectivity index (χ4v) is 2.68. The lowest BCUT2D eigenvalue weighted by Crippen LogP contribution is -2.41. The van der Waals surface area contributed by atoms with Crippen molar-refractivity contribution in [2.75, 3.05) is 6.54 Å². The highest BCUT2D eigenvalue weighted by atomic mass is 19.1. The highest BCUT2D eigenvalue weighted by Crippen LogP contribution is 2.36. The van der Waals surface area contributed by atoms with Gasteiger partial charge in [-0.15, -0.1) is 0 Å². The first-order chi connectivity index (χ1) is 11.2. The second kappa shape index (κ2) is 6.15. The van der Waals surface area contributed by atoms with Crippen molar-refractivity contribution in [1.29, 1.82) is 0 Å². The SMILES string of the molecule is CC1(C)OB(c2cc(CC(=O)NCC3CC3)ccc2F)OC1(C)C. The van der Waals surface area contributed by atoms with E-state index < -0.39 is 18.3 Å². The van der Waals surface area contributed by atoms with Crippen molar-refractivity contribution in [3.8, 4) is 0 Å². The van der Waals surface area contributed by atoms with Gasteiger partial charge in [-0.3, -0.25) is 4.79 Å². The Morgan fingerprint density at radius 1 is 1.25 bits per heavy atom. The van der Waals surface area contributed by atoms with E-state index in [9.17, 15) is 9.18 Å². The Morgan fingerprint density at radius 2 is 1.88 bits per heavy atom. The number of rotatable bonds is 5. The summed E-state index contributed by atoms with van der Waals surface area (Å²) in [6, 6.07) is 4.69. The predicted octanol–water partition coefficient (Wildman–Crippen LogP) is 2.19. The average molecular weight is 333 g/mol. The summed E-state index contributed by atoms with van der Waals surface area (Å²) >= 11 is 0. The molecule has 6 heteroatoms. The number of carbonyl (C=O) groups is 1. The summed E-state index contributed by atoms with van der Waals surface area (Å²) in [6.45, 7) is 8.46. The number of halogens is 1. The molecule has 130 valence electrons. The van der Waals surface area contributed by atoms with Crippen LogP contribution >= 0.6 is 0 Å². The van der Waals surface area contributed by atoms with Gasteiger partial charge in [-0.1, -0.05) is 12.1 Å². The average Bonchev–Trinajstić information content (AvgIpc) is 3.26. The number of hydrogen-bond donors (Lipinski definition) is 1. The van der Waals surface area contributed by atoms with Crippen molar-refractivity contribution in [3.63, 3.8) is 0 Å². The zero-order chi connectivity index (χ0) is 17.5. The molecule has 1 aliphatic heterocycles. The van der Waals surface area contributed by atoms with E-state index in [0.717, 1.165) is 12.1 Å². The fourth-order valence-electron chi connectivity index (χ4n) is 2.68. The summed E-state index contributed by atoms with van der Waals surface area (Å²) < 4.78 is 26.1. The van der Waals surface area contributed by atoms with Gasteiger partial charge in [-0.05, 0) is 58.1 Å². The molecule has 1 N–H and O–H groups in total. The molecule has 2 aliphatic rings. The monoisotopic (exact) mass is 333 g/mol. The van der Waals surface area contributed by atoms with E-state index in [4.69, 9.17) is 9.31 Å². The number of carbonyl (C=O) groups excluding carboxylic acids is 1. The van der Waals surface area contributed by atoms with Crippen LogP contribution in [0, 0.1) is 11.7 Å². The van der Waals surface area contributed by atoms with Crippen molar-refractivity contribution in [2.24, 2.45) is 5.92 Å². The van der Waals surface area contributed by atoms with Crippen molar-refractivity contribution in [1.82, 2.24) is 5.32 Å². The lowest BCUT2D eigenvalue weighted by atomic mass is 9.77. The molecule has 24 heavy (non-hydrogen) atoms. The normalized spacial score (nSPS) is 21.8. The molecule has 2 fully saturated rings. The maximum atomic E-state index is 14.3. The third-order valence-corrected chi connectivity index (χ3v) is 5.22. The lowest BCUT2D eigenvalue weighted by molar-refractivity contribution is -0.120. The highest BCUT2D eigenvalue weighted by molar-refractivity contribution is 6.62. The third kappa shape index (κ3) is 3.65. The number of hydrogen-bond acceptors (Lipinski definition) is 3. The molecule has 0 radical (unpaired) electrons. The molecule has 1 aromatic rings.